The van der Waals surface area contributed by atoms with Crippen LogP contribution in [0.1, 0.15) is 48.5 Å². The fraction of sp³-hybridized carbons (Fsp3) is 0.417. The van der Waals surface area contributed by atoms with Gasteiger partial charge < -0.3 is 25.3 Å². The Hall–Kier alpha value is -3.62. The van der Waals surface area contributed by atoms with E-state index in [0.717, 1.165) is 0 Å². The van der Waals surface area contributed by atoms with E-state index >= 15 is 0 Å². The molecule has 0 atom stereocenters. The van der Waals surface area contributed by atoms with Crippen molar-refractivity contribution in [1.82, 2.24) is 15.3 Å². The van der Waals surface area contributed by atoms with Gasteiger partial charge in [0.05, 0.1) is 6.61 Å². The van der Waals surface area contributed by atoms with E-state index in [0.29, 0.717) is 40.9 Å². The van der Waals surface area contributed by atoms with Crippen molar-refractivity contribution >= 4 is 17.8 Å². The second-order valence-corrected chi connectivity index (χ2v) is 8.29. The molecular formula is C24H35N5O4. The van der Waals surface area contributed by atoms with Crippen LogP contribution in [-0.4, -0.2) is 45.6 Å². The van der Waals surface area contributed by atoms with Crippen LogP contribution in [0.5, 0.6) is 5.88 Å². The molecule has 1 heterocycles. The summed E-state index contributed by atoms with van der Waals surface area (Å²) >= 11 is 0. The molecule has 0 unspecified atom stereocenters. The second-order valence-electron chi connectivity index (χ2n) is 8.29. The number of ether oxygens (including phenoxy) is 2. The van der Waals surface area contributed by atoms with Crippen LogP contribution in [0.2, 0.25) is 0 Å². The van der Waals surface area contributed by atoms with Gasteiger partial charge >= 0.3 is 6.09 Å². The van der Waals surface area contributed by atoms with E-state index in [-0.39, 0.29) is 18.0 Å². The summed E-state index contributed by atoms with van der Waals surface area (Å²) < 4.78 is 10.6. The fourth-order valence-corrected chi connectivity index (χ4v) is 2.45. The van der Waals surface area contributed by atoms with Gasteiger partial charge in [-0.3, -0.25) is 5.32 Å². The zero-order chi connectivity index (χ0) is 25.2. The van der Waals surface area contributed by atoms with Crippen molar-refractivity contribution in [3.63, 3.8) is 0 Å². The molecule has 0 saturated heterocycles. The molecule has 0 aromatic carbocycles. The van der Waals surface area contributed by atoms with Gasteiger partial charge in [-0.2, -0.15) is 4.98 Å². The van der Waals surface area contributed by atoms with Crippen LogP contribution in [-0.2, 0) is 4.74 Å². The molecule has 33 heavy (non-hydrogen) atoms. The van der Waals surface area contributed by atoms with Gasteiger partial charge in [0, 0.05) is 35.8 Å². The van der Waals surface area contributed by atoms with E-state index in [1.807, 2.05) is 6.92 Å². The van der Waals surface area contributed by atoms with Crippen LogP contribution in [0.3, 0.4) is 0 Å². The van der Waals surface area contributed by atoms with Crippen LogP contribution in [0.15, 0.2) is 59.2 Å². The van der Waals surface area contributed by atoms with Gasteiger partial charge in [0.1, 0.15) is 11.4 Å². The molecule has 0 saturated carbocycles. The minimum atomic E-state index is -0.633. The topological polar surface area (TPSA) is 129 Å². The highest BCUT2D eigenvalue weighted by atomic mass is 16.6. The fourth-order valence-electron chi connectivity index (χ4n) is 2.45. The van der Waals surface area contributed by atoms with Crippen LogP contribution in [0.4, 0.5) is 10.7 Å². The predicted molar refractivity (Wildman–Crippen MR) is 131 cm³/mol. The lowest BCUT2D eigenvalue weighted by Crippen LogP contribution is -2.32. The molecule has 0 aliphatic heterocycles. The summed E-state index contributed by atoms with van der Waals surface area (Å²) in [6, 6.07) is 1.65. The molecular weight excluding hydrogens is 422 g/mol. The normalized spacial score (nSPS) is 13.1. The zero-order valence-corrected chi connectivity index (χ0v) is 20.5. The lowest BCUT2D eigenvalue weighted by Gasteiger charge is -2.20. The van der Waals surface area contributed by atoms with Gasteiger partial charge in [0.15, 0.2) is 0 Å². The van der Waals surface area contributed by atoms with Crippen molar-refractivity contribution in [2.24, 2.45) is 0 Å². The number of amides is 1. The number of alkyl carbamates (subject to hydrolysis) is 1. The Balaban J connectivity index is 3.07. The molecule has 1 aromatic heterocycles. The molecule has 0 spiro atoms. The Bertz CT molecular complexity index is 971. The van der Waals surface area contributed by atoms with Crippen molar-refractivity contribution in [2.75, 3.05) is 18.5 Å². The van der Waals surface area contributed by atoms with E-state index in [2.05, 4.69) is 27.2 Å². The first kappa shape index (κ1) is 27.4. The summed E-state index contributed by atoms with van der Waals surface area (Å²) in [5.74, 6) is 0.688. The van der Waals surface area contributed by atoms with Gasteiger partial charge in [0.2, 0.25) is 11.8 Å². The number of rotatable bonds is 10. The standard InChI is InChI=1S/C24H35N5O4/c1-9-32-20-12-13-26-22(29-20)27-14-18(17(5)25)21(30)16(4)10-11-19(15(2)3)28-23(31)33-24(6,7)8/h10-13,25,30H,2,9,14H2,1,3-8H3,(H,28,31)(H,26,27,29)/b16-10+,19-11+,21-18-,25-17?. The molecule has 9 heteroatoms. The number of nitrogens with zero attached hydrogens (tertiary/aromatic N) is 2. The average molecular weight is 458 g/mol. The Kier molecular flexibility index (Phi) is 10.3. The van der Waals surface area contributed by atoms with E-state index in [4.69, 9.17) is 14.9 Å². The number of aromatic nitrogens is 2. The Morgan fingerprint density at radius 1 is 1.27 bits per heavy atom. The highest BCUT2D eigenvalue weighted by Crippen LogP contribution is 2.16. The average Bonchev–Trinajstić information content (AvgIpc) is 2.69. The number of allylic oxidation sites excluding steroid dienone is 4. The molecule has 4 N–H and O–H groups in total. The van der Waals surface area contributed by atoms with Crippen LogP contribution in [0.25, 0.3) is 0 Å². The van der Waals surface area contributed by atoms with Gasteiger partial charge in [-0.1, -0.05) is 12.7 Å². The van der Waals surface area contributed by atoms with E-state index in [1.54, 1.807) is 66.0 Å². The van der Waals surface area contributed by atoms with Crippen LogP contribution in [0, 0.1) is 5.41 Å². The Morgan fingerprint density at radius 3 is 2.48 bits per heavy atom. The number of carbonyl (C=O) groups excluding carboxylic acids is 1. The first-order chi connectivity index (χ1) is 15.3. The highest BCUT2D eigenvalue weighted by Gasteiger charge is 2.17. The maximum Gasteiger partial charge on any atom is 0.412 e. The maximum absolute atomic E-state index is 12.1. The number of anilines is 1. The summed E-state index contributed by atoms with van der Waals surface area (Å²) in [7, 11) is 0. The summed E-state index contributed by atoms with van der Waals surface area (Å²) in [4.78, 5) is 20.4. The summed E-state index contributed by atoms with van der Waals surface area (Å²) in [6.07, 6.45) is 4.22. The Labute approximate surface area is 195 Å². The van der Waals surface area contributed by atoms with E-state index < -0.39 is 11.7 Å². The molecule has 1 rings (SSSR count). The molecule has 0 radical (unpaired) electrons. The number of hydrogen-bond acceptors (Lipinski definition) is 8. The molecule has 0 fully saturated rings. The Morgan fingerprint density at radius 2 is 1.94 bits per heavy atom. The van der Waals surface area contributed by atoms with Crippen molar-refractivity contribution in [2.45, 2.75) is 54.1 Å². The molecule has 180 valence electrons. The lowest BCUT2D eigenvalue weighted by atomic mass is 10.1. The quantitative estimate of drug-likeness (QED) is 0.219. The minimum Gasteiger partial charge on any atom is -0.507 e. The van der Waals surface area contributed by atoms with Crippen molar-refractivity contribution in [1.29, 1.82) is 5.41 Å². The van der Waals surface area contributed by atoms with Gasteiger partial charge in [-0.05, 0) is 65.7 Å². The van der Waals surface area contributed by atoms with Gasteiger partial charge in [-0.15, -0.1) is 0 Å². The highest BCUT2D eigenvalue weighted by molar-refractivity contribution is 5.97. The molecule has 0 aliphatic carbocycles. The molecule has 0 bridgehead atoms. The van der Waals surface area contributed by atoms with Gasteiger partial charge in [-0.25, -0.2) is 9.78 Å². The molecule has 1 aromatic rings. The minimum absolute atomic E-state index is 0.0643. The third kappa shape index (κ3) is 10.0. The third-order valence-corrected chi connectivity index (χ3v) is 4.05. The maximum atomic E-state index is 12.1. The molecule has 0 aliphatic rings. The second kappa shape index (κ2) is 12.4. The van der Waals surface area contributed by atoms with Crippen molar-refractivity contribution < 1.29 is 19.4 Å². The monoisotopic (exact) mass is 457 g/mol. The van der Waals surface area contributed by atoms with Crippen LogP contribution < -0.4 is 15.4 Å². The number of aliphatic hydroxyl groups excluding tert-OH is 1. The largest absolute Gasteiger partial charge is 0.507 e. The van der Waals surface area contributed by atoms with E-state index in [1.165, 1.54) is 0 Å². The predicted octanol–water partition coefficient (Wildman–Crippen LogP) is 5.07. The summed E-state index contributed by atoms with van der Waals surface area (Å²) in [5, 5.41) is 24.5. The first-order valence-corrected chi connectivity index (χ1v) is 10.6. The first-order valence-electron chi connectivity index (χ1n) is 10.6. The zero-order valence-electron chi connectivity index (χ0n) is 20.5. The van der Waals surface area contributed by atoms with Crippen molar-refractivity contribution in [3.8, 4) is 5.88 Å². The lowest BCUT2D eigenvalue weighted by molar-refractivity contribution is 0.0547. The number of hydrogen-bond donors (Lipinski definition) is 4. The van der Waals surface area contributed by atoms with E-state index in [9.17, 15) is 9.90 Å². The number of aliphatic hydroxyl groups is 1. The smallest absolute Gasteiger partial charge is 0.412 e. The SMILES string of the molecule is C=C(C)\C(=C/C=C(C)/C(O)=C(\CNc1nccc(OCC)n1)C(C)=N)NC(=O)OC(C)(C)C. The molecule has 9 nitrogen and oxygen atoms in total. The molecule has 1 amide bonds. The van der Waals surface area contributed by atoms with Gasteiger partial charge in [0.25, 0.3) is 0 Å². The summed E-state index contributed by atoms with van der Waals surface area (Å²) in [6.45, 7) is 16.7. The number of carbonyl (C=O) groups is 1. The van der Waals surface area contributed by atoms with Crippen molar-refractivity contribution in [3.05, 3.63) is 59.2 Å². The summed E-state index contributed by atoms with van der Waals surface area (Å²) in [5.41, 5.74) is 1.48. The number of nitrogens with one attached hydrogen (secondary N) is 3. The van der Waals surface area contributed by atoms with Crippen LogP contribution >= 0.6 is 0 Å². The third-order valence-electron chi connectivity index (χ3n) is 4.05.